The smallest absolute Gasteiger partial charge is 0.227 e. The van der Waals surface area contributed by atoms with E-state index in [-0.39, 0.29) is 11.8 Å². The van der Waals surface area contributed by atoms with Crippen molar-refractivity contribution in [2.24, 2.45) is 0 Å². The predicted octanol–water partition coefficient (Wildman–Crippen LogP) is 4.28. The van der Waals surface area contributed by atoms with Crippen molar-refractivity contribution in [3.05, 3.63) is 71.8 Å². The largest absolute Gasteiger partial charge is 0.497 e. The number of hydrogen-bond donors (Lipinski definition) is 1. The molecule has 0 radical (unpaired) electrons. The molecule has 0 aliphatic rings. The lowest BCUT2D eigenvalue weighted by Crippen LogP contribution is -2.27. The molecule has 1 atom stereocenters. The molecule has 4 nitrogen and oxygen atoms in total. The molecule has 4 heteroatoms. The van der Waals surface area contributed by atoms with Gasteiger partial charge < -0.3 is 14.8 Å². The van der Waals surface area contributed by atoms with Crippen LogP contribution in [0.5, 0.6) is 11.5 Å². The summed E-state index contributed by atoms with van der Waals surface area (Å²) in [6, 6.07) is 19.7. The van der Waals surface area contributed by atoms with Crippen LogP contribution < -0.4 is 14.8 Å². The summed E-state index contributed by atoms with van der Waals surface area (Å²) in [5, 5.41) is 5.19. The van der Waals surface area contributed by atoms with E-state index >= 15 is 0 Å². The van der Waals surface area contributed by atoms with E-state index in [0.717, 1.165) is 33.4 Å². The minimum Gasteiger partial charge on any atom is -0.497 e. The number of hydrogen-bond acceptors (Lipinski definition) is 3. The number of carbonyl (C=O) groups excluding carboxylic acids is 1. The Bertz CT molecular complexity index is 920. The second-order valence-corrected chi connectivity index (χ2v) is 6.26. The molecule has 0 aromatic heterocycles. The maximum Gasteiger partial charge on any atom is 0.227 e. The van der Waals surface area contributed by atoms with Crippen molar-refractivity contribution >= 4 is 16.7 Å². The Kier molecular flexibility index (Phi) is 5.42. The fourth-order valence-electron chi connectivity index (χ4n) is 2.91. The summed E-state index contributed by atoms with van der Waals surface area (Å²) >= 11 is 0. The highest BCUT2D eigenvalue weighted by Gasteiger charge is 2.15. The van der Waals surface area contributed by atoms with Crippen molar-refractivity contribution in [1.82, 2.24) is 5.32 Å². The molecule has 0 bridgehead atoms. The standard InChI is InChI=1S/C22H23NO3/c1-15(22(24)23-14-16-5-4-6-20(11-16)25-2)17-7-8-19-13-21(26-3)10-9-18(19)12-17/h4-13,15H,14H2,1-3H3,(H,23,24)/t15-/m1/s1. The Labute approximate surface area is 153 Å². The van der Waals surface area contributed by atoms with E-state index in [2.05, 4.69) is 11.4 Å². The SMILES string of the molecule is COc1cccc(CNC(=O)[C@H](C)c2ccc3cc(OC)ccc3c2)c1. The van der Waals surface area contributed by atoms with Gasteiger partial charge in [0.05, 0.1) is 20.1 Å². The summed E-state index contributed by atoms with van der Waals surface area (Å²) in [5.41, 5.74) is 2.00. The van der Waals surface area contributed by atoms with E-state index in [1.807, 2.05) is 61.5 Å². The monoisotopic (exact) mass is 349 g/mol. The minimum absolute atomic E-state index is 0.000631. The summed E-state index contributed by atoms with van der Waals surface area (Å²) in [7, 11) is 3.29. The molecule has 1 N–H and O–H groups in total. The highest BCUT2D eigenvalue weighted by molar-refractivity contribution is 5.88. The first-order chi connectivity index (χ1) is 12.6. The zero-order chi connectivity index (χ0) is 18.5. The zero-order valence-corrected chi connectivity index (χ0v) is 15.3. The molecule has 0 aliphatic heterocycles. The number of benzene rings is 3. The molecule has 134 valence electrons. The third-order valence-corrected chi connectivity index (χ3v) is 4.57. The number of methoxy groups -OCH3 is 2. The van der Waals surface area contributed by atoms with Crippen molar-refractivity contribution in [1.29, 1.82) is 0 Å². The average Bonchev–Trinajstić information content (AvgIpc) is 2.70. The first-order valence-corrected chi connectivity index (χ1v) is 8.59. The first-order valence-electron chi connectivity index (χ1n) is 8.59. The normalized spacial score (nSPS) is 11.8. The predicted molar refractivity (Wildman–Crippen MR) is 104 cm³/mol. The van der Waals surface area contributed by atoms with Crippen LogP contribution in [0.1, 0.15) is 24.0 Å². The van der Waals surface area contributed by atoms with Crippen molar-refractivity contribution in [2.75, 3.05) is 14.2 Å². The number of nitrogens with one attached hydrogen (secondary N) is 1. The second kappa shape index (κ2) is 7.91. The maximum atomic E-state index is 12.5. The van der Waals surface area contributed by atoms with Crippen LogP contribution in [0.2, 0.25) is 0 Å². The maximum absolute atomic E-state index is 12.5. The summed E-state index contributed by atoms with van der Waals surface area (Å²) in [6.07, 6.45) is 0. The Balaban J connectivity index is 1.70. The second-order valence-electron chi connectivity index (χ2n) is 6.26. The molecule has 0 spiro atoms. The lowest BCUT2D eigenvalue weighted by molar-refractivity contribution is -0.122. The van der Waals surface area contributed by atoms with Crippen LogP contribution in [0.4, 0.5) is 0 Å². The molecule has 1 amide bonds. The summed E-state index contributed by atoms with van der Waals surface area (Å²) in [5.74, 6) is 1.39. The fourth-order valence-corrected chi connectivity index (χ4v) is 2.91. The van der Waals surface area contributed by atoms with Gasteiger partial charge in [-0.15, -0.1) is 0 Å². The molecule has 0 saturated heterocycles. The molecule has 0 heterocycles. The van der Waals surface area contributed by atoms with E-state index in [4.69, 9.17) is 9.47 Å². The van der Waals surface area contributed by atoms with Gasteiger partial charge in [0.2, 0.25) is 5.91 Å². The van der Waals surface area contributed by atoms with Crippen molar-refractivity contribution in [3.8, 4) is 11.5 Å². The summed E-state index contributed by atoms with van der Waals surface area (Å²) < 4.78 is 10.5. The zero-order valence-electron chi connectivity index (χ0n) is 15.3. The Hall–Kier alpha value is -3.01. The van der Waals surface area contributed by atoms with E-state index in [0.29, 0.717) is 6.54 Å². The molecule has 0 saturated carbocycles. The lowest BCUT2D eigenvalue weighted by atomic mass is 9.97. The summed E-state index contributed by atoms with van der Waals surface area (Å²) in [4.78, 5) is 12.5. The van der Waals surface area contributed by atoms with Gasteiger partial charge in [-0.1, -0.05) is 36.4 Å². The number of amides is 1. The average molecular weight is 349 g/mol. The van der Waals surface area contributed by atoms with E-state index < -0.39 is 0 Å². The van der Waals surface area contributed by atoms with Gasteiger partial charge in [0.25, 0.3) is 0 Å². The molecule has 26 heavy (non-hydrogen) atoms. The molecule has 0 fully saturated rings. The van der Waals surface area contributed by atoms with Crippen LogP contribution in [-0.4, -0.2) is 20.1 Å². The van der Waals surface area contributed by atoms with Gasteiger partial charge >= 0.3 is 0 Å². The third-order valence-electron chi connectivity index (χ3n) is 4.57. The van der Waals surface area contributed by atoms with Gasteiger partial charge in [-0.3, -0.25) is 4.79 Å². The van der Waals surface area contributed by atoms with Gasteiger partial charge in [-0.05, 0) is 53.1 Å². The molecule has 3 aromatic rings. The Morgan fingerprint density at radius 3 is 2.38 bits per heavy atom. The summed E-state index contributed by atoms with van der Waals surface area (Å²) in [6.45, 7) is 2.40. The van der Waals surface area contributed by atoms with Crippen molar-refractivity contribution in [3.63, 3.8) is 0 Å². The van der Waals surface area contributed by atoms with Gasteiger partial charge in [0.15, 0.2) is 0 Å². The molecule has 0 aliphatic carbocycles. The number of carbonyl (C=O) groups is 1. The highest BCUT2D eigenvalue weighted by Crippen LogP contribution is 2.25. The number of ether oxygens (including phenoxy) is 2. The molecule has 0 unspecified atom stereocenters. The fraction of sp³-hybridized carbons (Fsp3) is 0.227. The Morgan fingerprint density at radius 1 is 0.923 bits per heavy atom. The van der Waals surface area contributed by atoms with Crippen LogP contribution in [0.25, 0.3) is 10.8 Å². The third kappa shape index (κ3) is 3.97. The topological polar surface area (TPSA) is 47.6 Å². The van der Waals surface area contributed by atoms with Crippen molar-refractivity contribution in [2.45, 2.75) is 19.4 Å². The molecule has 3 aromatic carbocycles. The van der Waals surface area contributed by atoms with Crippen LogP contribution in [-0.2, 0) is 11.3 Å². The lowest BCUT2D eigenvalue weighted by Gasteiger charge is -2.14. The van der Waals surface area contributed by atoms with Gasteiger partial charge in [0, 0.05) is 6.54 Å². The molecular weight excluding hydrogens is 326 g/mol. The van der Waals surface area contributed by atoms with Gasteiger partial charge in [0.1, 0.15) is 11.5 Å². The number of fused-ring (bicyclic) bond motifs is 1. The van der Waals surface area contributed by atoms with E-state index in [9.17, 15) is 4.79 Å². The number of rotatable bonds is 6. The van der Waals surface area contributed by atoms with Gasteiger partial charge in [-0.25, -0.2) is 0 Å². The van der Waals surface area contributed by atoms with E-state index in [1.54, 1.807) is 14.2 Å². The van der Waals surface area contributed by atoms with Crippen LogP contribution in [0, 0.1) is 0 Å². The minimum atomic E-state index is -0.230. The van der Waals surface area contributed by atoms with Crippen molar-refractivity contribution < 1.29 is 14.3 Å². The first kappa shape index (κ1) is 17.8. The molecular formula is C22H23NO3. The van der Waals surface area contributed by atoms with Crippen LogP contribution in [0.3, 0.4) is 0 Å². The molecule has 3 rings (SSSR count). The van der Waals surface area contributed by atoms with Gasteiger partial charge in [-0.2, -0.15) is 0 Å². The van der Waals surface area contributed by atoms with Crippen LogP contribution in [0.15, 0.2) is 60.7 Å². The Morgan fingerprint density at radius 2 is 1.62 bits per heavy atom. The highest BCUT2D eigenvalue weighted by atomic mass is 16.5. The van der Waals surface area contributed by atoms with E-state index in [1.165, 1.54) is 0 Å². The van der Waals surface area contributed by atoms with Crippen LogP contribution >= 0.6 is 0 Å². The quantitative estimate of drug-likeness (QED) is 0.723.